The Labute approximate surface area is 183 Å². The van der Waals surface area contributed by atoms with Gasteiger partial charge < -0.3 is 20.4 Å². The predicted octanol–water partition coefficient (Wildman–Crippen LogP) is 5.54. The molecular formula is C23H20N4O3S. The maximum atomic E-state index is 12.5. The third kappa shape index (κ3) is 5.37. The van der Waals surface area contributed by atoms with E-state index in [0.29, 0.717) is 28.5 Å². The summed E-state index contributed by atoms with van der Waals surface area (Å²) in [5, 5.41) is 11.0. The minimum atomic E-state index is -0.361. The van der Waals surface area contributed by atoms with Gasteiger partial charge in [-0.25, -0.2) is 9.78 Å². The van der Waals surface area contributed by atoms with E-state index in [1.807, 2.05) is 42.6 Å². The van der Waals surface area contributed by atoms with Crippen LogP contribution in [0.4, 0.5) is 21.9 Å². The van der Waals surface area contributed by atoms with Crippen molar-refractivity contribution in [2.45, 2.75) is 13.3 Å². The molecule has 0 aliphatic rings. The average molecular weight is 433 g/mol. The maximum absolute atomic E-state index is 12.5. The highest BCUT2D eigenvalue weighted by molar-refractivity contribution is 7.13. The summed E-state index contributed by atoms with van der Waals surface area (Å²) in [6.45, 7) is 1.89. The molecule has 0 radical (unpaired) electrons. The van der Waals surface area contributed by atoms with Crippen LogP contribution in [0.3, 0.4) is 0 Å². The maximum Gasteiger partial charge on any atom is 0.323 e. The van der Waals surface area contributed by atoms with Crippen molar-refractivity contribution in [2.24, 2.45) is 0 Å². The molecular weight excluding hydrogens is 412 g/mol. The van der Waals surface area contributed by atoms with Crippen LogP contribution < -0.4 is 16.0 Å². The fourth-order valence-electron chi connectivity index (χ4n) is 2.91. The molecule has 0 aliphatic carbocycles. The van der Waals surface area contributed by atoms with E-state index in [4.69, 9.17) is 4.42 Å². The van der Waals surface area contributed by atoms with Gasteiger partial charge in [0.1, 0.15) is 0 Å². The fourth-order valence-corrected chi connectivity index (χ4v) is 3.70. The quantitative estimate of drug-likeness (QED) is 0.373. The van der Waals surface area contributed by atoms with E-state index in [2.05, 4.69) is 20.9 Å². The molecule has 0 saturated carbocycles. The van der Waals surface area contributed by atoms with Gasteiger partial charge in [-0.2, -0.15) is 0 Å². The molecule has 3 N–H and O–H groups in total. The van der Waals surface area contributed by atoms with Crippen LogP contribution in [0, 0.1) is 6.92 Å². The van der Waals surface area contributed by atoms with E-state index in [1.165, 1.54) is 11.3 Å². The van der Waals surface area contributed by atoms with Crippen molar-refractivity contribution in [2.75, 3.05) is 16.0 Å². The number of anilines is 3. The number of carbonyl (C=O) groups excluding carboxylic acids is 2. The van der Waals surface area contributed by atoms with Gasteiger partial charge in [-0.1, -0.05) is 24.3 Å². The lowest BCUT2D eigenvalue weighted by Crippen LogP contribution is -2.20. The molecule has 0 aliphatic heterocycles. The van der Waals surface area contributed by atoms with Crippen LogP contribution in [0.2, 0.25) is 0 Å². The highest BCUT2D eigenvalue weighted by Gasteiger charge is 2.12. The van der Waals surface area contributed by atoms with E-state index < -0.39 is 0 Å². The first kappa shape index (κ1) is 20.4. The number of benzene rings is 2. The number of hydrogen-bond donors (Lipinski definition) is 3. The van der Waals surface area contributed by atoms with Crippen molar-refractivity contribution in [3.05, 3.63) is 83.6 Å². The SMILES string of the molecule is Cc1ccc(NC(=O)Nc2ccccc2)cc1NC(=O)Cc1csc(-c2ccco2)n1. The summed E-state index contributed by atoms with van der Waals surface area (Å²) in [6.07, 6.45) is 1.73. The zero-order chi connectivity index (χ0) is 21.6. The van der Waals surface area contributed by atoms with Crippen molar-refractivity contribution < 1.29 is 14.0 Å². The highest BCUT2D eigenvalue weighted by atomic mass is 32.1. The first-order valence-electron chi connectivity index (χ1n) is 9.58. The van der Waals surface area contributed by atoms with Crippen LogP contribution >= 0.6 is 11.3 Å². The van der Waals surface area contributed by atoms with Crippen LogP contribution in [-0.2, 0) is 11.2 Å². The number of nitrogens with zero attached hydrogens (tertiary/aromatic N) is 1. The topological polar surface area (TPSA) is 96.3 Å². The molecule has 0 atom stereocenters. The van der Waals surface area contributed by atoms with Gasteiger partial charge in [-0.15, -0.1) is 11.3 Å². The summed E-state index contributed by atoms with van der Waals surface area (Å²) < 4.78 is 5.34. The lowest BCUT2D eigenvalue weighted by atomic mass is 10.1. The molecule has 4 aromatic rings. The number of rotatable bonds is 6. The van der Waals surface area contributed by atoms with Crippen molar-refractivity contribution >= 4 is 40.3 Å². The molecule has 156 valence electrons. The Bertz CT molecular complexity index is 1190. The minimum absolute atomic E-state index is 0.142. The van der Waals surface area contributed by atoms with Gasteiger partial charge in [0.05, 0.1) is 18.4 Å². The molecule has 0 saturated heterocycles. The second-order valence-corrected chi connectivity index (χ2v) is 7.68. The molecule has 0 spiro atoms. The monoisotopic (exact) mass is 432 g/mol. The number of furan rings is 1. The number of thiazole rings is 1. The Morgan fingerprint density at radius 2 is 1.77 bits per heavy atom. The summed E-state index contributed by atoms with van der Waals surface area (Å²) in [6, 6.07) is 17.8. The van der Waals surface area contributed by atoms with Crippen LogP contribution in [0.1, 0.15) is 11.3 Å². The number of nitrogens with one attached hydrogen (secondary N) is 3. The average Bonchev–Trinajstić information content (AvgIpc) is 3.43. The zero-order valence-electron chi connectivity index (χ0n) is 16.7. The Morgan fingerprint density at radius 1 is 0.968 bits per heavy atom. The second kappa shape index (κ2) is 9.27. The number of para-hydroxylation sites is 1. The number of carbonyl (C=O) groups is 2. The summed E-state index contributed by atoms with van der Waals surface area (Å²) in [5.74, 6) is 0.491. The molecule has 7 nitrogen and oxygen atoms in total. The van der Waals surface area contributed by atoms with Crippen molar-refractivity contribution in [3.8, 4) is 10.8 Å². The number of hydrogen-bond acceptors (Lipinski definition) is 5. The summed E-state index contributed by atoms with van der Waals surface area (Å²) in [5.41, 5.74) is 3.45. The Kier molecular flexibility index (Phi) is 6.09. The van der Waals surface area contributed by atoms with Gasteiger partial charge in [0.2, 0.25) is 5.91 Å². The summed E-state index contributed by atoms with van der Waals surface area (Å²) in [7, 11) is 0. The Balaban J connectivity index is 1.38. The molecule has 0 bridgehead atoms. The molecule has 2 aromatic carbocycles. The van der Waals surface area contributed by atoms with Crippen LogP contribution in [0.25, 0.3) is 10.8 Å². The van der Waals surface area contributed by atoms with Gasteiger partial charge in [0, 0.05) is 22.4 Å². The Hall–Kier alpha value is -3.91. The number of aromatic nitrogens is 1. The molecule has 2 heterocycles. The van der Waals surface area contributed by atoms with Gasteiger partial charge >= 0.3 is 6.03 Å². The predicted molar refractivity (Wildman–Crippen MR) is 122 cm³/mol. The smallest absolute Gasteiger partial charge is 0.323 e. The zero-order valence-corrected chi connectivity index (χ0v) is 17.5. The van der Waals surface area contributed by atoms with E-state index in [1.54, 1.807) is 36.6 Å². The van der Waals surface area contributed by atoms with Gasteiger partial charge in [-0.05, 0) is 48.9 Å². The fraction of sp³-hybridized carbons (Fsp3) is 0.0870. The lowest BCUT2D eigenvalue weighted by molar-refractivity contribution is -0.115. The van der Waals surface area contributed by atoms with Gasteiger partial charge in [0.25, 0.3) is 0 Å². The van der Waals surface area contributed by atoms with Gasteiger partial charge in [-0.3, -0.25) is 4.79 Å². The number of amides is 3. The standard InChI is InChI=1S/C23H20N4O3S/c1-15-9-10-17(26-23(29)25-16-6-3-2-4-7-16)12-19(15)27-21(28)13-18-14-31-22(24-18)20-8-5-11-30-20/h2-12,14H,13H2,1H3,(H,27,28)(H2,25,26,29). The molecule has 31 heavy (non-hydrogen) atoms. The van der Waals surface area contributed by atoms with Gasteiger partial charge in [0.15, 0.2) is 10.8 Å². The number of aryl methyl sites for hydroxylation is 1. The molecule has 4 rings (SSSR count). The lowest BCUT2D eigenvalue weighted by Gasteiger charge is -2.12. The van der Waals surface area contributed by atoms with Crippen molar-refractivity contribution in [1.29, 1.82) is 0 Å². The van der Waals surface area contributed by atoms with Crippen molar-refractivity contribution in [3.63, 3.8) is 0 Å². The third-order valence-corrected chi connectivity index (χ3v) is 5.33. The summed E-state index contributed by atoms with van der Waals surface area (Å²) in [4.78, 5) is 29.2. The van der Waals surface area contributed by atoms with Crippen LogP contribution in [-0.4, -0.2) is 16.9 Å². The number of urea groups is 1. The highest BCUT2D eigenvalue weighted by Crippen LogP contribution is 2.25. The van der Waals surface area contributed by atoms with E-state index in [9.17, 15) is 9.59 Å². The Morgan fingerprint density at radius 3 is 2.55 bits per heavy atom. The molecule has 2 aromatic heterocycles. The molecule has 0 unspecified atom stereocenters. The summed E-state index contributed by atoms with van der Waals surface area (Å²) >= 11 is 1.43. The normalized spacial score (nSPS) is 10.5. The first-order chi connectivity index (χ1) is 15.1. The first-order valence-corrected chi connectivity index (χ1v) is 10.5. The van der Waals surface area contributed by atoms with E-state index in [-0.39, 0.29) is 18.4 Å². The molecule has 8 heteroatoms. The van der Waals surface area contributed by atoms with Crippen LogP contribution in [0.5, 0.6) is 0 Å². The third-order valence-electron chi connectivity index (χ3n) is 4.43. The second-order valence-electron chi connectivity index (χ2n) is 6.82. The minimum Gasteiger partial charge on any atom is -0.462 e. The molecule has 0 fully saturated rings. The largest absolute Gasteiger partial charge is 0.462 e. The van der Waals surface area contributed by atoms with Crippen molar-refractivity contribution in [1.82, 2.24) is 4.98 Å². The van der Waals surface area contributed by atoms with E-state index in [0.717, 1.165) is 10.6 Å². The molecule has 3 amide bonds. The van der Waals surface area contributed by atoms with Crippen LogP contribution in [0.15, 0.2) is 76.7 Å². The van der Waals surface area contributed by atoms with E-state index >= 15 is 0 Å².